The van der Waals surface area contributed by atoms with Gasteiger partial charge in [-0.3, -0.25) is 9.59 Å². The number of carbonyl (C=O) groups excluding carboxylic acids is 2. The van der Waals surface area contributed by atoms with Crippen molar-refractivity contribution in [1.29, 1.82) is 0 Å². The molecule has 4 nitrogen and oxygen atoms in total. The van der Waals surface area contributed by atoms with Crippen LogP contribution in [0.4, 0.5) is 0 Å². The summed E-state index contributed by atoms with van der Waals surface area (Å²) in [7, 11) is 0. The quantitative estimate of drug-likeness (QED) is 0.196. The second-order valence-corrected chi connectivity index (χ2v) is 9.32. The zero-order valence-electron chi connectivity index (χ0n) is 20.3. The topological polar surface area (TPSA) is 52.6 Å². The largest absolute Gasteiger partial charge is 0.465 e. The minimum absolute atomic E-state index is 0.166. The number of carbonyl (C=O) groups is 2. The lowest BCUT2D eigenvalue weighted by Crippen LogP contribution is -2.44. The summed E-state index contributed by atoms with van der Waals surface area (Å²) in [6.45, 7) is 9.59. The van der Waals surface area contributed by atoms with Crippen LogP contribution >= 0.6 is 0 Å². The summed E-state index contributed by atoms with van der Waals surface area (Å²) in [4.78, 5) is 26.0. The molecule has 0 saturated heterocycles. The highest BCUT2D eigenvalue weighted by molar-refractivity contribution is 5.83. The maximum Gasteiger partial charge on any atom is 0.310 e. The van der Waals surface area contributed by atoms with Gasteiger partial charge >= 0.3 is 11.9 Å². The van der Waals surface area contributed by atoms with Gasteiger partial charge in [-0.25, -0.2) is 0 Å². The SMILES string of the molecule is CCCCCCCOC(=O)C1C(C)CCC(CCC)C1C(=O)OCCCCCCC. The van der Waals surface area contributed by atoms with Crippen molar-refractivity contribution in [2.24, 2.45) is 23.7 Å². The van der Waals surface area contributed by atoms with E-state index in [0.717, 1.165) is 51.4 Å². The van der Waals surface area contributed by atoms with Crippen LogP contribution < -0.4 is 0 Å². The standard InChI is InChI=1S/C26H48O4/c1-5-8-10-12-14-19-29-25(27)23-21(4)17-18-22(16-7-3)24(23)26(28)30-20-15-13-11-9-6-2/h21-24H,5-20H2,1-4H3. The lowest BCUT2D eigenvalue weighted by molar-refractivity contribution is -0.169. The van der Waals surface area contributed by atoms with Gasteiger partial charge in [0.1, 0.15) is 0 Å². The van der Waals surface area contributed by atoms with E-state index in [9.17, 15) is 9.59 Å². The molecular formula is C26H48O4. The maximum absolute atomic E-state index is 13.1. The molecule has 0 aromatic carbocycles. The fourth-order valence-electron chi connectivity index (χ4n) is 4.85. The van der Waals surface area contributed by atoms with Crippen LogP contribution in [0.2, 0.25) is 0 Å². The Balaban J connectivity index is 2.63. The van der Waals surface area contributed by atoms with Crippen LogP contribution in [0, 0.1) is 23.7 Å². The minimum atomic E-state index is -0.349. The molecule has 1 aliphatic carbocycles. The van der Waals surface area contributed by atoms with Crippen molar-refractivity contribution < 1.29 is 19.1 Å². The first-order valence-electron chi connectivity index (χ1n) is 12.9. The second kappa shape index (κ2) is 16.6. The summed E-state index contributed by atoms with van der Waals surface area (Å²) in [6, 6.07) is 0. The predicted octanol–water partition coefficient (Wildman–Crippen LogP) is 7.09. The number of rotatable bonds is 16. The molecule has 0 heterocycles. The van der Waals surface area contributed by atoms with Gasteiger partial charge in [0.15, 0.2) is 0 Å². The summed E-state index contributed by atoms with van der Waals surface area (Å²) in [6.07, 6.45) is 15.3. The van der Waals surface area contributed by atoms with Gasteiger partial charge in [0.2, 0.25) is 0 Å². The van der Waals surface area contributed by atoms with Gasteiger partial charge in [0, 0.05) is 0 Å². The van der Waals surface area contributed by atoms with E-state index in [4.69, 9.17) is 9.47 Å². The van der Waals surface area contributed by atoms with Crippen molar-refractivity contribution in [3.8, 4) is 0 Å². The lowest BCUT2D eigenvalue weighted by atomic mass is 9.66. The summed E-state index contributed by atoms with van der Waals surface area (Å²) in [5.41, 5.74) is 0. The molecule has 0 radical (unpaired) electrons. The van der Waals surface area contributed by atoms with Gasteiger partial charge in [-0.05, 0) is 43.9 Å². The Morgan fingerprint density at radius 2 is 1.17 bits per heavy atom. The number of esters is 2. The summed E-state index contributed by atoms with van der Waals surface area (Å²) in [5, 5.41) is 0. The molecule has 4 atom stereocenters. The highest BCUT2D eigenvalue weighted by Crippen LogP contribution is 2.42. The van der Waals surface area contributed by atoms with E-state index in [1.165, 1.54) is 38.5 Å². The van der Waals surface area contributed by atoms with Gasteiger partial charge in [-0.1, -0.05) is 85.5 Å². The Morgan fingerprint density at radius 3 is 1.67 bits per heavy atom. The number of unbranched alkanes of at least 4 members (excludes halogenated alkanes) is 8. The lowest BCUT2D eigenvalue weighted by Gasteiger charge is -2.39. The van der Waals surface area contributed by atoms with E-state index in [1.807, 2.05) is 0 Å². The smallest absolute Gasteiger partial charge is 0.310 e. The molecule has 0 aromatic rings. The minimum Gasteiger partial charge on any atom is -0.465 e. The average molecular weight is 425 g/mol. The Morgan fingerprint density at radius 1 is 0.667 bits per heavy atom. The Labute approximate surface area is 185 Å². The third-order valence-corrected chi connectivity index (χ3v) is 6.69. The third kappa shape index (κ3) is 9.83. The van der Waals surface area contributed by atoms with Crippen LogP contribution in [0.25, 0.3) is 0 Å². The van der Waals surface area contributed by atoms with Crippen LogP contribution in [-0.2, 0) is 19.1 Å². The molecule has 30 heavy (non-hydrogen) atoms. The highest BCUT2D eigenvalue weighted by Gasteiger charge is 2.46. The molecule has 1 aliphatic rings. The van der Waals surface area contributed by atoms with E-state index in [-0.39, 0.29) is 35.6 Å². The second-order valence-electron chi connectivity index (χ2n) is 9.32. The van der Waals surface area contributed by atoms with Gasteiger partial charge < -0.3 is 9.47 Å². The molecule has 0 aromatic heterocycles. The van der Waals surface area contributed by atoms with Crippen molar-refractivity contribution in [3.05, 3.63) is 0 Å². The maximum atomic E-state index is 13.1. The molecule has 0 bridgehead atoms. The van der Waals surface area contributed by atoms with Crippen LogP contribution in [0.15, 0.2) is 0 Å². The molecular weight excluding hydrogens is 376 g/mol. The summed E-state index contributed by atoms with van der Waals surface area (Å²) < 4.78 is 11.4. The molecule has 176 valence electrons. The number of hydrogen-bond donors (Lipinski definition) is 0. The molecule has 0 amide bonds. The zero-order chi connectivity index (χ0) is 22.2. The number of hydrogen-bond acceptors (Lipinski definition) is 4. The Bertz CT molecular complexity index is 462. The fraction of sp³-hybridized carbons (Fsp3) is 0.923. The Hall–Kier alpha value is -1.06. The van der Waals surface area contributed by atoms with Crippen molar-refractivity contribution in [2.75, 3.05) is 13.2 Å². The first-order chi connectivity index (χ1) is 14.6. The van der Waals surface area contributed by atoms with E-state index in [2.05, 4.69) is 27.7 Å². The van der Waals surface area contributed by atoms with E-state index < -0.39 is 0 Å². The van der Waals surface area contributed by atoms with Crippen molar-refractivity contribution in [3.63, 3.8) is 0 Å². The van der Waals surface area contributed by atoms with Crippen molar-refractivity contribution in [2.45, 2.75) is 118 Å². The summed E-state index contributed by atoms with van der Waals surface area (Å²) >= 11 is 0. The highest BCUT2D eigenvalue weighted by atomic mass is 16.5. The molecule has 4 unspecified atom stereocenters. The molecule has 0 spiro atoms. The van der Waals surface area contributed by atoms with Gasteiger partial charge in [-0.15, -0.1) is 0 Å². The van der Waals surface area contributed by atoms with Crippen LogP contribution in [-0.4, -0.2) is 25.2 Å². The first kappa shape index (κ1) is 27.0. The van der Waals surface area contributed by atoms with Crippen molar-refractivity contribution >= 4 is 11.9 Å². The van der Waals surface area contributed by atoms with Crippen LogP contribution in [0.1, 0.15) is 118 Å². The van der Waals surface area contributed by atoms with E-state index >= 15 is 0 Å². The van der Waals surface area contributed by atoms with E-state index in [0.29, 0.717) is 13.2 Å². The molecule has 0 aliphatic heterocycles. The normalized spacial score (nSPS) is 23.9. The third-order valence-electron chi connectivity index (χ3n) is 6.69. The van der Waals surface area contributed by atoms with Crippen molar-refractivity contribution in [1.82, 2.24) is 0 Å². The fourth-order valence-corrected chi connectivity index (χ4v) is 4.85. The predicted molar refractivity (Wildman–Crippen MR) is 123 cm³/mol. The molecule has 4 heteroatoms. The van der Waals surface area contributed by atoms with Gasteiger partial charge in [0.25, 0.3) is 0 Å². The van der Waals surface area contributed by atoms with Crippen LogP contribution in [0.3, 0.4) is 0 Å². The average Bonchev–Trinajstić information content (AvgIpc) is 2.73. The first-order valence-corrected chi connectivity index (χ1v) is 12.9. The molecule has 0 N–H and O–H groups in total. The Kier molecular flexibility index (Phi) is 14.9. The molecule has 1 saturated carbocycles. The van der Waals surface area contributed by atoms with Gasteiger partial charge in [-0.2, -0.15) is 0 Å². The molecule has 1 fully saturated rings. The van der Waals surface area contributed by atoms with E-state index in [1.54, 1.807) is 0 Å². The molecule has 1 rings (SSSR count). The zero-order valence-corrected chi connectivity index (χ0v) is 20.3. The monoisotopic (exact) mass is 424 g/mol. The van der Waals surface area contributed by atoms with Crippen LogP contribution in [0.5, 0.6) is 0 Å². The number of ether oxygens (including phenoxy) is 2. The summed E-state index contributed by atoms with van der Waals surface area (Å²) in [5.74, 6) is -0.617. The van der Waals surface area contributed by atoms with Gasteiger partial charge in [0.05, 0.1) is 25.0 Å².